The molecule has 1 aromatic carbocycles. The number of benzene rings is 1. The normalized spacial score (nSPS) is 12.6. The van der Waals surface area contributed by atoms with Crippen LogP contribution in [-0.4, -0.2) is 38.6 Å². The van der Waals surface area contributed by atoms with Gasteiger partial charge >= 0.3 is 5.97 Å². The van der Waals surface area contributed by atoms with Crippen LogP contribution in [0.4, 0.5) is 4.39 Å². The van der Waals surface area contributed by atoms with Gasteiger partial charge in [-0.05, 0) is 20.2 Å². The van der Waals surface area contributed by atoms with Gasteiger partial charge in [0.2, 0.25) is 0 Å². The number of halogens is 1. The van der Waals surface area contributed by atoms with Crippen LogP contribution >= 0.6 is 0 Å². The second kappa shape index (κ2) is 5.61. The molecule has 0 spiro atoms. The largest absolute Gasteiger partial charge is 0.469 e. The van der Waals surface area contributed by atoms with Crippen molar-refractivity contribution in [3.05, 3.63) is 35.6 Å². The molecule has 0 bridgehead atoms. The van der Waals surface area contributed by atoms with E-state index in [2.05, 4.69) is 0 Å². The first-order chi connectivity index (χ1) is 7.56. The zero-order chi connectivity index (χ0) is 12.1. The zero-order valence-corrected chi connectivity index (χ0v) is 9.74. The smallest absolute Gasteiger partial charge is 0.314 e. The number of nitrogens with zero attached hydrogens (tertiary/aromatic N) is 1. The third kappa shape index (κ3) is 3.03. The average molecular weight is 225 g/mol. The molecule has 88 valence electrons. The second-order valence-corrected chi connectivity index (χ2v) is 3.86. The van der Waals surface area contributed by atoms with E-state index < -0.39 is 11.9 Å². The molecule has 16 heavy (non-hydrogen) atoms. The van der Waals surface area contributed by atoms with E-state index in [0.717, 1.165) is 0 Å². The van der Waals surface area contributed by atoms with Gasteiger partial charge in [0, 0.05) is 12.1 Å². The molecule has 0 aromatic heterocycles. The SMILES string of the molecule is COC(=O)C(CN(C)C)c1ccccc1F. The lowest BCUT2D eigenvalue weighted by molar-refractivity contribution is -0.142. The van der Waals surface area contributed by atoms with E-state index in [0.29, 0.717) is 12.1 Å². The maximum Gasteiger partial charge on any atom is 0.314 e. The Hall–Kier alpha value is -1.42. The Labute approximate surface area is 94.8 Å². The van der Waals surface area contributed by atoms with E-state index in [-0.39, 0.29) is 5.82 Å². The Balaban J connectivity index is 3.01. The minimum Gasteiger partial charge on any atom is -0.469 e. The third-order valence-electron chi connectivity index (χ3n) is 2.31. The van der Waals surface area contributed by atoms with Crippen LogP contribution in [0.2, 0.25) is 0 Å². The van der Waals surface area contributed by atoms with Crippen LogP contribution in [0.15, 0.2) is 24.3 Å². The highest BCUT2D eigenvalue weighted by Crippen LogP contribution is 2.21. The molecule has 0 aliphatic carbocycles. The van der Waals surface area contributed by atoms with Crippen LogP contribution in [0.3, 0.4) is 0 Å². The van der Waals surface area contributed by atoms with Gasteiger partial charge in [0.05, 0.1) is 13.0 Å². The summed E-state index contributed by atoms with van der Waals surface area (Å²) in [7, 11) is 4.97. The Kier molecular flexibility index (Phi) is 4.43. The van der Waals surface area contributed by atoms with Crippen molar-refractivity contribution in [2.75, 3.05) is 27.7 Å². The van der Waals surface area contributed by atoms with Crippen LogP contribution < -0.4 is 0 Å². The highest BCUT2D eigenvalue weighted by atomic mass is 19.1. The van der Waals surface area contributed by atoms with Crippen molar-refractivity contribution < 1.29 is 13.9 Å². The van der Waals surface area contributed by atoms with Crippen molar-refractivity contribution in [2.45, 2.75) is 5.92 Å². The van der Waals surface area contributed by atoms with Crippen molar-refractivity contribution in [1.29, 1.82) is 0 Å². The Morgan fingerprint density at radius 2 is 2.06 bits per heavy atom. The van der Waals surface area contributed by atoms with Gasteiger partial charge in [-0.2, -0.15) is 0 Å². The summed E-state index contributed by atoms with van der Waals surface area (Å²) in [6, 6.07) is 6.27. The lowest BCUT2D eigenvalue weighted by atomic mass is 9.98. The van der Waals surface area contributed by atoms with Gasteiger partial charge in [-0.3, -0.25) is 4.79 Å². The van der Waals surface area contributed by atoms with Gasteiger partial charge in [0.15, 0.2) is 0 Å². The second-order valence-electron chi connectivity index (χ2n) is 3.86. The fourth-order valence-electron chi connectivity index (χ4n) is 1.56. The van der Waals surface area contributed by atoms with Crippen LogP contribution in [0, 0.1) is 5.82 Å². The van der Waals surface area contributed by atoms with E-state index in [1.807, 2.05) is 19.0 Å². The predicted molar refractivity (Wildman–Crippen MR) is 59.7 cm³/mol. The molecule has 0 fully saturated rings. The summed E-state index contributed by atoms with van der Waals surface area (Å²) in [5, 5.41) is 0. The third-order valence-corrected chi connectivity index (χ3v) is 2.31. The van der Waals surface area contributed by atoms with Crippen molar-refractivity contribution in [1.82, 2.24) is 4.90 Å². The number of methoxy groups -OCH3 is 1. The quantitative estimate of drug-likeness (QED) is 0.730. The first kappa shape index (κ1) is 12.6. The van der Waals surface area contributed by atoms with Crippen molar-refractivity contribution in [3.63, 3.8) is 0 Å². The van der Waals surface area contributed by atoms with Gasteiger partial charge in [-0.25, -0.2) is 4.39 Å². The van der Waals surface area contributed by atoms with E-state index in [1.54, 1.807) is 18.2 Å². The van der Waals surface area contributed by atoms with Crippen molar-refractivity contribution >= 4 is 5.97 Å². The molecule has 1 rings (SSSR count). The number of rotatable bonds is 4. The molecule has 1 aromatic rings. The Morgan fingerprint density at radius 1 is 1.44 bits per heavy atom. The lowest BCUT2D eigenvalue weighted by Gasteiger charge is -2.19. The van der Waals surface area contributed by atoms with Crippen LogP contribution in [0.25, 0.3) is 0 Å². The number of esters is 1. The first-order valence-electron chi connectivity index (χ1n) is 5.03. The van der Waals surface area contributed by atoms with Crippen LogP contribution in [-0.2, 0) is 9.53 Å². The first-order valence-corrected chi connectivity index (χ1v) is 5.03. The highest BCUT2D eigenvalue weighted by molar-refractivity contribution is 5.78. The summed E-state index contributed by atoms with van der Waals surface area (Å²) in [6.45, 7) is 0.424. The molecule has 4 heteroatoms. The van der Waals surface area contributed by atoms with E-state index >= 15 is 0 Å². The monoisotopic (exact) mass is 225 g/mol. The van der Waals surface area contributed by atoms with E-state index in [4.69, 9.17) is 4.74 Å². The standard InChI is InChI=1S/C12H16FNO2/c1-14(2)8-10(12(15)16-3)9-6-4-5-7-11(9)13/h4-7,10H,8H2,1-3H3. The van der Waals surface area contributed by atoms with Crippen molar-refractivity contribution in [3.8, 4) is 0 Å². The molecule has 1 unspecified atom stereocenters. The van der Waals surface area contributed by atoms with Gasteiger partial charge in [-0.15, -0.1) is 0 Å². The Morgan fingerprint density at radius 3 is 2.56 bits per heavy atom. The molecule has 0 heterocycles. The molecule has 1 atom stereocenters. The zero-order valence-electron chi connectivity index (χ0n) is 9.74. The Bertz CT molecular complexity index is 366. The number of carbonyl (C=O) groups is 1. The molecular weight excluding hydrogens is 209 g/mol. The summed E-state index contributed by atoms with van der Waals surface area (Å²) < 4.78 is 18.3. The molecular formula is C12H16FNO2. The summed E-state index contributed by atoms with van der Waals surface area (Å²) in [6.07, 6.45) is 0. The summed E-state index contributed by atoms with van der Waals surface area (Å²) >= 11 is 0. The fraction of sp³-hybridized carbons (Fsp3) is 0.417. The molecule has 0 radical (unpaired) electrons. The minimum atomic E-state index is -0.582. The maximum absolute atomic E-state index is 13.6. The predicted octanol–water partition coefficient (Wildman–Crippen LogP) is 1.64. The number of carbonyl (C=O) groups excluding carboxylic acids is 1. The lowest BCUT2D eigenvalue weighted by Crippen LogP contribution is -2.27. The summed E-state index contributed by atoms with van der Waals surface area (Å²) in [4.78, 5) is 13.4. The number of likely N-dealkylation sites (N-methyl/N-ethyl adjacent to an activating group) is 1. The average Bonchev–Trinajstić information content (AvgIpc) is 2.26. The molecule has 0 amide bonds. The van der Waals surface area contributed by atoms with E-state index in [1.165, 1.54) is 13.2 Å². The summed E-state index contributed by atoms with van der Waals surface area (Å²) in [5.74, 6) is -1.38. The molecule has 0 aliphatic rings. The van der Waals surface area contributed by atoms with Crippen LogP contribution in [0.1, 0.15) is 11.5 Å². The fourth-order valence-corrected chi connectivity index (χ4v) is 1.56. The number of ether oxygens (including phenoxy) is 1. The molecule has 0 N–H and O–H groups in total. The number of hydrogen-bond acceptors (Lipinski definition) is 3. The van der Waals surface area contributed by atoms with Crippen molar-refractivity contribution in [2.24, 2.45) is 0 Å². The highest BCUT2D eigenvalue weighted by Gasteiger charge is 2.24. The van der Waals surface area contributed by atoms with Crippen LogP contribution in [0.5, 0.6) is 0 Å². The minimum absolute atomic E-state index is 0.375. The number of hydrogen-bond donors (Lipinski definition) is 0. The van der Waals surface area contributed by atoms with Gasteiger partial charge in [-0.1, -0.05) is 18.2 Å². The molecule has 0 saturated carbocycles. The molecule has 3 nitrogen and oxygen atoms in total. The molecule has 0 saturated heterocycles. The topological polar surface area (TPSA) is 29.5 Å². The maximum atomic E-state index is 13.6. The van der Waals surface area contributed by atoms with Gasteiger partial charge in [0.1, 0.15) is 5.82 Å². The molecule has 0 aliphatic heterocycles. The van der Waals surface area contributed by atoms with E-state index in [9.17, 15) is 9.18 Å². The summed E-state index contributed by atoms with van der Waals surface area (Å²) in [5.41, 5.74) is 0.378. The van der Waals surface area contributed by atoms with Gasteiger partial charge in [0.25, 0.3) is 0 Å². The van der Waals surface area contributed by atoms with Gasteiger partial charge < -0.3 is 9.64 Å².